The summed E-state index contributed by atoms with van der Waals surface area (Å²) in [7, 11) is 4.44. The number of rotatable bonds is 16. The smallest absolute Gasteiger partial charge is 0.412 e. The van der Waals surface area contributed by atoms with Crippen LogP contribution in [0.15, 0.2) is 66.9 Å². The minimum Gasteiger partial charge on any atom is -0.493 e. The van der Waals surface area contributed by atoms with E-state index in [1.807, 2.05) is 0 Å². The van der Waals surface area contributed by atoms with Gasteiger partial charge in [0.15, 0.2) is 11.5 Å². The zero-order valence-electron chi connectivity index (χ0n) is 28.6. The molecule has 0 aliphatic rings. The van der Waals surface area contributed by atoms with Crippen LogP contribution in [-0.4, -0.2) is 66.4 Å². The lowest BCUT2D eigenvalue weighted by molar-refractivity contribution is -0.385. The largest absolute Gasteiger partial charge is 0.493 e. The number of ether oxygens (including phenoxy) is 5. The second-order valence-electron chi connectivity index (χ2n) is 11.4. The number of esters is 1. The molecule has 3 aromatic carbocycles. The fraction of sp³-hybridized carbons (Fsp3) is 0.314. The van der Waals surface area contributed by atoms with Gasteiger partial charge < -0.3 is 23.7 Å². The lowest BCUT2D eigenvalue weighted by Crippen LogP contribution is -2.20. The summed E-state index contributed by atoms with van der Waals surface area (Å²) < 4.78 is 27.2. The first kappa shape index (κ1) is 37.5. The van der Waals surface area contributed by atoms with Crippen LogP contribution in [0.5, 0.6) is 17.2 Å². The third-order valence-corrected chi connectivity index (χ3v) is 7.84. The van der Waals surface area contributed by atoms with Crippen molar-refractivity contribution in [3.05, 3.63) is 115 Å². The van der Waals surface area contributed by atoms with Crippen LogP contribution in [-0.2, 0) is 27.1 Å². The molecule has 0 fully saturated rings. The SMILES string of the molecule is COc1cc(Cc2cnc(CC(=O)OCC(C)c3ccccc3[N+](=O)[O-])nc2NC(=O)OCC(C)c2ccccc2[N+](=O)[O-])cc(OC)c1OC. The van der Waals surface area contributed by atoms with Crippen LogP contribution in [0.4, 0.5) is 22.0 Å². The number of aromatic nitrogens is 2. The number of nitrogens with one attached hydrogen (secondary N) is 1. The fourth-order valence-electron chi connectivity index (χ4n) is 5.28. The topological polar surface area (TPSA) is 204 Å². The van der Waals surface area contributed by atoms with Gasteiger partial charge in [-0.1, -0.05) is 50.2 Å². The number of hydrogen-bond acceptors (Lipinski definition) is 13. The molecule has 2 atom stereocenters. The summed E-state index contributed by atoms with van der Waals surface area (Å²) in [5.74, 6) is -0.408. The molecule has 16 nitrogen and oxygen atoms in total. The van der Waals surface area contributed by atoms with Gasteiger partial charge in [0.05, 0.1) is 37.8 Å². The van der Waals surface area contributed by atoms with E-state index >= 15 is 0 Å². The van der Waals surface area contributed by atoms with Crippen LogP contribution in [0.25, 0.3) is 0 Å². The first-order chi connectivity index (χ1) is 24.4. The van der Waals surface area contributed by atoms with Crippen molar-refractivity contribution in [3.8, 4) is 17.2 Å². The number of amides is 1. The van der Waals surface area contributed by atoms with Crippen molar-refractivity contribution in [2.75, 3.05) is 39.9 Å². The monoisotopic (exact) mass is 703 g/mol. The second-order valence-corrected chi connectivity index (χ2v) is 11.4. The van der Waals surface area contributed by atoms with Gasteiger partial charge in [-0.2, -0.15) is 0 Å². The van der Waals surface area contributed by atoms with Gasteiger partial charge in [-0.25, -0.2) is 14.8 Å². The maximum absolute atomic E-state index is 13.1. The quantitative estimate of drug-likeness (QED) is 0.0791. The lowest BCUT2D eigenvalue weighted by Gasteiger charge is -2.16. The average molecular weight is 704 g/mol. The van der Waals surface area contributed by atoms with Gasteiger partial charge in [-0.15, -0.1) is 0 Å². The van der Waals surface area contributed by atoms with E-state index < -0.39 is 33.7 Å². The Labute approximate surface area is 293 Å². The van der Waals surface area contributed by atoms with Gasteiger partial charge in [-0.05, 0) is 17.7 Å². The molecule has 0 radical (unpaired) electrons. The van der Waals surface area contributed by atoms with Gasteiger partial charge >= 0.3 is 12.1 Å². The zero-order chi connectivity index (χ0) is 37.1. The van der Waals surface area contributed by atoms with Crippen LogP contribution in [0.3, 0.4) is 0 Å². The van der Waals surface area contributed by atoms with Crippen molar-refractivity contribution in [2.24, 2.45) is 0 Å². The lowest BCUT2D eigenvalue weighted by atomic mass is 10.0. The van der Waals surface area contributed by atoms with Gasteiger partial charge in [0, 0.05) is 53.3 Å². The molecule has 4 rings (SSSR count). The summed E-state index contributed by atoms with van der Waals surface area (Å²) in [6.45, 7) is 3.09. The summed E-state index contributed by atoms with van der Waals surface area (Å²) in [6.07, 6.45) is 0.362. The van der Waals surface area contributed by atoms with Crippen LogP contribution in [0, 0.1) is 20.2 Å². The first-order valence-electron chi connectivity index (χ1n) is 15.6. The molecule has 0 aliphatic heterocycles. The fourth-order valence-corrected chi connectivity index (χ4v) is 5.28. The number of carbonyl (C=O) groups is 2. The van der Waals surface area contributed by atoms with Crippen molar-refractivity contribution in [1.82, 2.24) is 9.97 Å². The zero-order valence-corrected chi connectivity index (χ0v) is 28.6. The highest BCUT2D eigenvalue weighted by atomic mass is 16.6. The van der Waals surface area contributed by atoms with E-state index in [4.69, 9.17) is 23.7 Å². The Bertz CT molecular complexity index is 1880. The number of benzene rings is 3. The molecule has 0 bridgehead atoms. The molecule has 268 valence electrons. The molecule has 1 heterocycles. The third kappa shape index (κ3) is 9.65. The summed E-state index contributed by atoms with van der Waals surface area (Å²) in [5, 5.41) is 25.5. The normalized spacial score (nSPS) is 11.9. The van der Waals surface area contributed by atoms with Gasteiger partial charge in [-0.3, -0.25) is 30.3 Å². The number of anilines is 1. The Morgan fingerprint density at radius 1 is 0.804 bits per heavy atom. The summed E-state index contributed by atoms with van der Waals surface area (Å²) in [4.78, 5) is 56.5. The Balaban J connectivity index is 1.54. The van der Waals surface area contributed by atoms with Gasteiger partial charge in [0.2, 0.25) is 5.75 Å². The van der Waals surface area contributed by atoms with Crippen molar-refractivity contribution in [1.29, 1.82) is 0 Å². The van der Waals surface area contributed by atoms with Crippen LogP contribution < -0.4 is 19.5 Å². The molecule has 1 aromatic heterocycles. The minimum absolute atomic E-state index is 0.0237. The van der Waals surface area contributed by atoms with Gasteiger partial charge in [0.1, 0.15) is 24.7 Å². The summed E-state index contributed by atoms with van der Waals surface area (Å²) >= 11 is 0. The van der Waals surface area contributed by atoms with E-state index in [0.29, 0.717) is 39.5 Å². The predicted octanol–water partition coefficient (Wildman–Crippen LogP) is 6.15. The molecule has 51 heavy (non-hydrogen) atoms. The van der Waals surface area contributed by atoms with Crippen LogP contribution in [0.1, 0.15) is 53.8 Å². The first-order valence-corrected chi connectivity index (χ1v) is 15.6. The van der Waals surface area contributed by atoms with Crippen molar-refractivity contribution in [3.63, 3.8) is 0 Å². The maximum Gasteiger partial charge on any atom is 0.412 e. The van der Waals surface area contributed by atoms with Crippen molar-refractivity contribution in [2.45, 2.75) is 38.5 Å². The van der Waals surface area contributed by atoms with E-state index in [2.05, 4.69) is 15.3 Å². The summed E-state index contributed by atoms with van der Waals surface area (Å²) in [5.41, 5.74) is 1.78. The second kappa shape index (κ2) is 17.4. The van der Waals surface area contributed by atoms with Crippen molar-refractivity contribution >= 4 is 29.3 Å². The van der Waals surface area contributed by atoms with Gasteiger partial charge in [0.25, 0.3) is 11.4 Å². The van der Waals surface area contributed by atoms with Crippen LogP contribution in [0.2, 0.25) is 0 Å². The number of nitro benzene ring substituents is 2. The summed E-state index contributed by atoms with van der Waals surface area (Å²) in [6, 6.07) is 15.8. The van der Waals surface area contributed by atoms with E-state index in [1.54, 1.807) is 62.4 Å². The van der Waals surface area contributed by atoms with E-state index in [-0.39, 0.29) is 49.1 Å². The number of methoxy groups -OCH3 is 3. The standard InChI is InChI=1S/C35H37N5O11/c1-21(25-10-6-8-12-27(25)39(43)44)19-50-32(41)17-31-36-18-24(14-23-15-29(47-3)33(49-5)30(16-23)48-4)34(37-31)38-35(42)51-20-22(2)26-11-7-9-13-28(26)40(45)46/h6-13,15-16,18,21-22H,14,17,19-20H2,1-5H3,(H,36,37,38,42). The molecule has 4 aromatic rings. The Kier molecular flexibility index (Phi) is 12.8. The molecule has 1 N–H and O–H groups in total. The Morgan fingerprint density at radius 3 is 1.84 bits per heavy atom. The predicted molar refractivity (Wildman–Crippen MR) is 184 cm³/mol. The van der Waals surface area contributed by atoms with E-state index in [0.717, 1.165) is 0 Å². The molecule has 16 heteroatoms. The Hall–Kier alpha value is -6.32. The minimum atomic E-state index is -0.892. The number of carbonyl (C=O) groups excluding carboxylic acids is 2. The highest BCUT2D eigenvalue weighted by molar-refractivity contribution is 5.84. The molecule has 0 saturated heterocycles. The molecular weight excluding hydrogens is 666 g/mol. The highest BCUT2D eigenvalue weighted by Crippen LogP contribution is 2.39. The molecule has 0 spiro atoms. The van der Waals surface area contributed by atoms with E-state index in [9.17, 15) is 29.8 Å². The number of hydrogen-bond donors (Lipinski definition) is 1. The molecule has 2 unspecified atom stereocenters. The average Bonchev–Trinajstić information content (AvgIpc) is 3.13. The highest BCUT2D eigenvalue weighted by Gasteiger charge is 2.23. The Morgan fingerprint density at radius 2 is 1.33 bits per heavy atom. The molecule has 1 amide bonds. The maximum atomic E-state index is 13.1. The third-order valence-electron chi connectivity index (χ3n) is 7.84. The van der Waals surface area contributed by atoms with Crippen molar-refractivity contribution < 1.29 is 43.1 Å². The molecular formula is C35H37N5O11. The molecule has 0 aliphatic carbocycles. The number of nitrogens with zero attached hydrogens (tertiary/aromatic N) is 4. The number of nitro groups is 2. The molecule has 0 saturated carbocycles. The number of para-hydroxylation sites is 2. The van der Waals surface area contributed by atoms with E-state index in [1.165, 1.54) is 39.7 Å². The van der Waals surface area contributed by atoms with Crippen LogP contribution >= 0.6 is 0 Å².